The number of nitrogen functional groups attached to an aromatic ring is 1. The molecule has 1 heterocycles. The van der Waals surface area contributed by atoms with Crippen LogP contribution in [0.4, 0.5) is 14.6 Å². The third kappa shape index (κ3) is 2.08. The Bertz CT molecular complexity index is 606. The Balaban J connectivity index is 2.67. The molecule has 0 aliphatic heterocycles. The molecule has 6 heteroatoms. The van der Waals surface area contributed by atoms with Crippen LogP contribution in [0.15, 0.2) is 16.6 Å². The van der Waals surface area contributed by atoms with E-state index in [1.165, 1.54) is 6.07 Å². The molecule has 0 saturated heterocycles. The van der Waals surface area contributed by atoms with Crippen molar-refractivity contribution in [2.75, 3.05) is 5.73 Å². The van der Waals surface area contributed by atoms with E-state index in [1.54, 1.807) is 13.8 Å². The van der Waals surface area contributed by atoms with Crippen molar-refractivity contribution in [1.82, 2.24) is 9.97 Å². The van der Waals surface area contributed by atoms with Gasteiger partial charge in [0.15, 0.2) is 17.5 Å². The lowest BCUT2D eigenvalue weighted by atomic mass is 10.1. The minimum absolute atomic E-state index is 0.00912. The quantitative estimate of drug-likeness (QED) is 0.821. The van der Waals surface area contributed by atoms with Crippen LogP contribution in [0.2, 0.25) is 0 Å². The summed E-state index contributed by atoms with van der Waals surface area (Å²) in [5.74, 6) is -1.30. The van der Waals surface area contributed by atoms with Crippen LogP contribution in [0.3, 0.4) is 0 Å². The molecule has 2 rings (SSSR count). The van der Waals surface area contributed by atoms with Gasteiger partial charge in [-0.15, -0.1) is 0 Å². The van der Waals surface area contributed by atoms with Gasteiger partial charge in [0.2, 0.25) is 0 Å². The minimum Gasteiger partial charge on any atom is -0.383 e. The van der Waals surface area contributed by atoms with Crippen molar-refractivity contribution in [1.29, 1.82) is 0 Å². The van der Waals surface area contributed by atoms with Gasteiger partial charge in [-0.2, -0.15) is 0 Å². The Hall–Kier alpha value is -1.56. The van der Waals surface area contributed by atoms with Crippen LogP contribution in [0.1, 0.15) is 11.3 Å². The van der Waals surface area contributed by atoms with Crippen LogP contribution in [0.25, 0.3) is 11.4 Å². The molecule has 0 unspecified atom stereocenters. The molecule has 0 saturated carbocycles. The average molecular weight is 314 g/mol. The van der Waals surface area contributed by atoms with Crippen molar-refractivity contribution in [3.63, 3.8) is 0 Å². The van der Waals surface area contributed by atoms with Gasteiger partial charge in [-0.3, -0.25) is 0 Å². The van der Waals surface area contributed by atoms with Gasteiger partial charge in [0, 0.05) is 16.8 Å². The topological polar surface area (TPSA) is 51.8 Å². The predicted octanol–water partition coefficient (Wildman–Crippen LogP) is 3.38. The number of aromatic nitrogens is 2. The van der Waals surface area contributed by atoms with Crippen LogP contribution < -0.4 is 5.73 Å². The van der Waals surface area contributed by atoms with Crippen LogP contribution in [-0.4, -0.2) is 9.97 Å². The van der Waals surface area contributed by atoms with E-state index < -0.39 is 11.6 Å². The van der Waals surface area contributed by atoms with E-state index in [-0.39, 0.29) is 10.3 Å². The molecule has 18 heavy (non-hydrogen) atoms. The molecule has 0 aliphatic carbocycles. The number of aryl methyl sites for hydroxylation is 1. The summed E-state index contributed by atoms with van der Waals surface area (Å²) in [5.41, 5.74) is 7.59. The molecule has 0 atom stereocenters. The predicted molar refractivity (Wildman–Crippen MR) is 69.0 cm³/mol. The SMILES string of the molecule is Cc1nc(-c2ccc(F)c(F)c2Br)nc(N)c1C. The monoisotopic (exact) mass is 313 g/mol. The molecule has 1 aromatic carbocycles. The Morgan fingerprint density at radius 1 is 1.17 bits per heavy atom. The van der Waals surface area contributed by atoms with Gasteiger partial charge < -0.3 is 5.73 Å². The van der Waals surface area contributed by atoms with Crippen LogP contribution in [0.5, 0.6) is 0 Å². The van der Waals surface area contributed by atoms with Crippen molar-refractivity contribution in [2.45, 2.75) is 13.8 Å². The fraction of sp³-hybridized carbons (Fsp3) is 0.167. The van der Waals surface area contributed by atoms with E-state index >= 15 is 0 Å². The standard InChI is InChI=1S/C12H10BrF2N3/c1-5-6(2)17-12(18-11(5)16)7-3-4-8(14)10(15)9(7)13/h3-4H,1-2H3,(H2,16,17,18). The number of hydrogen-bond donors (Lipinski definition) is 1. The summed E-state index contributed by atoms with van der Waals surface area (Å²) in [4.78, 5) is 8.31. The summed E-state index contributed by atoms with van der Waals surface area (Å²) in [6.07, 6.45) is 0. The lowest BCUT2D eigenvalue weighted by Crippen LogP contribution is -2.03. The molecule has 2 aromatic rings. The Morgan fingerprint density at radius 2 is 1.83 bits per heavy atom. The molecule has 0 fully saturated rings. The van der Waals surface area contributed by atoms with E-state index in [4.69, 9.17) is 5.73 Å². The van der Waals surface area contributed by atoms with Crippen molar-refractivity contribution >= 4 is 21.7 Å². The first-order chi connectivity index (χ1) is 8.41. The number of halogens is 3. The first-order valence-corrected chi connectivity index (χ1v) is 5.95. The molecular formula is C12H10BrF2N3. The number of benzene rings is 1. The van der Waals surface area contributed by atoms with Gasteiger partial charge in [0.05, 0.1) is 4.47 Å². The lowest BCUT2D eigenvalue weighted by molar-refractivity contribution is 0.504. The maximum atomic E-state index is 13.4. The zero-order chi connectivity index (χ0) is 13.4. The molecule has 0 radical (unpaired) electrons. The Morgan fingerprint density at radius 3 is 2.44 bits per heavy atom. The first-order valence-electron chi connectivity index (χ1n) is 5.16. The highest BCUT2D eigenvalue weighted by Gasteiger charge is 2.15. The smallest absolute Gasteiger partial charge is 0.173 e. The Labute approximate surface area is 111 Å². The summed E-state index contributed by atoms with van der Waals surface area (Å²) >= 11 is 3.00. The van der Waals surface area contributed by atoms with Gasteiger partial charge in [-0.25, -0.2) is 18.7 Å². The second kappa shape index (κ2) is 4.61. The van der Waals surface area contributed by atoms with Crippen LogP contribution in [0, 0.1) is 25.5 Å². The molecule has 3 nitrogen and oxygen atoms in total. The molecule has 0 spiro atoms. The normalized spacial score (nSPS) is 10.7. The van der Waals surface area contributed by atoms with Crippen molar-refractivity contribution < 1.29 is 8.78 Å². The van der Waals surface area contributed by atoms with E-state index in [0.717, 1.165) is 11.6 Å². The van der Waals surface area contributed by atoms with Gasteiger partial charge in [-0.05, 0) is 41.9 Å². The number of rotatable bonds is 1. The van der Waals surface area contributed by atoms with E-state index in [1.807, 2.05) is 0 Å². The van der Waals surface area contributed by atoms with Gasteiger partial charge >= 0.3 is 0 Å². The number of hydrogen-bond acceptors (Lipinski definition) is 3. The molecule has 1 aromatic heterocycles. The second-order valence-electron chi connectivity index (χ2n) is 3.87. The average Bonchev–Trinajstić information content (AvgIpc) is 2.33. The number of anilines is 1. The molecule has 0 aliphatic rings. The molecule has 0 bridgehead atoms. The summed E-state index contributed by atoms with van der Waals surface area (Å²) < 4.78 is 26.5. The van der Waals surface area contributed by atoms with Crippen molar-refractivity contribution in [3.05, 3.63) is 39.5 Å². The first kappa shape index (κ1) is 12.9. The third-order valence-electron chi connectivity index (χ3n) is 2.70. The van der Waals surface area contributed by atoms with Crippen molar-refractivity contribution in [3.8, 4) is 11.4 Å². The summed E-state index contributed by atoms with van der Waals surface area (Å²) in [6.45, 7) is 3.58. The molecular weight excluding hydrogens is 304 g/mol. The largest absolute Gasteiger partial charge is 0.383 e. The second-order valence-corrected chi connectivity index (χ2v) is 4.66. The molecule has 0 amide bonds. The zero-order valence-corrected chi connectivity index (χ0v) is 11.3. The third-order valence-corrected chi connectivity index (χ3v) is 3.48. The maximum Gasteiger partial charge on any atom is 0.173 e. The zero-order valence-electron chi connectivity index (χ0n) is 9.76. The highest BCUT2D eigenvalue weighted by Crippen LogP contribution is 2.30. The van der Waals surface area contributed by atoms with Gasteiger partial charge in [-0.1, -0.05) is 0 Å². The molecule has 2 N–H and O–H groups in total. The number of nitrogens with zero attached hydrogens (tertiary/aromatic N) is 2. The highest BCUT2D eigenvalue weighted by molar-refractivity contribution is 9.10. The van der Waals surface area contributed by atoms with E-state index in [0.29, 0.717) is 17.1 Å². The van der Waals surface area contributed by atoms with Crippen LogP contribution >= 0.6 is 15.9 Å². The summed E-state index contributed by atoms with van der Waals surface area (Å²) in [7, 11) is 0. The summed E-state index contributed by atoms with van der Waals surface area (Å²) in [5, 5.41) is 0. The van der Waals surface area contributed by atoms with Gasteiger partial charge in [0.1, 0.15) is 5.82 Å². The fourth-order valence-corrected chi connectivity index (χ4v) is 1.97. The highest BCUT2D eigenvalue weighted by atomic mass is 79.9. The van der Waals surface area contributed by atoms with E-state index in [2.05, 4.69) is 25.9 Å². The number of nitrogens with two attached hydrogens (primary N) is 1. The van der Waals surface area contributed by atoms with Gasteiger partial charge in [0.25, 0.3) is 0 Å². The van der Waals surface area contributed by atoms with E-state index in [9.17, 15) is 8.78 Å². The summed E-state index contributed by atoms with van der Waals surface area (Å²) in [6, 6.07) is 2.44. The fourth-order valence-electron chi connectivity index (χ4n) is 1.47. The lowest BCUT2D eigenvalue weighted by Gasteiger charge is -2.09. The minimum atomic E-state index is -0.965. The van der Waals surface area contributed by atoms with Crippen molar-refractivity contribution in [2.24, 2.45) is 0 Å². The maximum absolute atomic E-state index is 13.4. The Kier molecular flexibility index (Phi) is 3.30. The van der Waals surface area contributed by atoms with Crippen LogP contribution in [-0.2, 0) is 0 Å². The molecule has 94 valence electrons.